The summed E-state index contributed by atoms with van der Waals surface area (Å²) in [4.78, 5) is 4.57. The third-order valence-electron chi connectivity index (χ3n) is 4.95. The van der Waals surface area contributed by atoms with E-state index in [-0.39, 0.29) is 5.41 Å². The standard InChI is InChI=1S/C22H21NO/c1-14-11-12-23-18(13-14)16-10-9-15(2)20-21(16)24-19-8-6-5-7-17(19)22(20,3)4/h5-13H,1-4H3. The van der Waals surface area contributed by atoms with Gasteiger partial charge in [0.1, 0.15) is 11.5 Å². The van der Waals surface area contributed by atoms with Crippen molar-refractivity contribution in [3.8, 4) is 22.8 Å². The number of hydrogen-bond donors (Lipinski definition) is 0. The maximum absolute atomic E-state index is 6.38. The molecular weight excluding hydrogens is 294 g/mol. The third kappa shape index (κ3) is 2.14. The minimum atomic E-state index is -0.103. The zero-order chi connectivity index (χ0) is 16.9. The first-order chi connectivity index (χ1) is 11.5. The zero-order valence-electron chi connectivity index (χ0n) is 14.6. The molecule has 0 saturated carbocycles. The highest BCUT2D eigenvalue weighted by Gasteiger charge is 2.36. The lowest BCUT2D eigenvalue weighted by Crippen LogP contribution is -2.25. The van der Waals surface area contributed by atoms with Crippen LogP contribution in [-0.2, 0) is 5.41 Å². The molecule has 0 spiro atoms. The Morgan fingerprint density at radius 3 is 2.54 bits per heavy atom. The molecule has 3 aromatic rings. The molecule has 24 heavy (non-hydrogen) atoms. The Balaban J connectivity index is 2.01. The molecule has 0 N–H and O–H groups in total. The van der Waals surface area contributed by atoms with Crippen molar-refractivity contribution >= 4 is 0 Å². The van der Waals surface area contributed by atoms with Crippen molar-refractivity contribution < 1.29 is 4.74 Å². The molecule has 0 amide bonds. The average Bonchev–Trinajstić information content (AvgIpc) is 2.55. The molecule has 0 fully saturated rings. The van der Waals surface area contributed by atoms with Crippen LogP contribution in [0.4, 0.5) is 0 Å². The second-order valence-electron chi connectivity index (χ2n) is 7.08. The van der Waals surface area contributed by atoms with E-state index < -0.39 is 0 Å². The van der Waals surface area contributed by atoms with Gasteiger partial charge in [0.2, 0.25) is 0 Å². The third-order valence-corrected chi connectivity index (χ3v) is 4.95. The summed E-state index contributed by atoms with van der Waals surface area (Å²) in [5, 5.41) is 0. The first-order valence-corrected chi connectivity index (χ1v) is 8.33. The molecule has 0 saturated heterocycles. The molecule has 2 aromatic carbocycles. The molecule has 120 valence electrons. The average molecular weight is 315 g/mol. The van der Waals surface area contributed by atoms with Crippen LogP contribution in [0.2, 0.25) is 0 Å². The predicted octanol–water partition coefficient (Wildman–Crippen LogP) is 5.80. The van der Waals surface area contributed by atoms with Gasteiger partial charge in [-0.1, -0.05) is 38.1 Å². The van der Waals surface area contributed by atoms with Crippen LogP contribution in [0.25, 0.3) is 11.3 Å². The number of rotatable bonds is 1. The smallest absolute Gasteiger partial charge is 0.141 e. The van der Waals surface area contributed by atoms with Gasteiger partial charge in [-0.05, 0) is 49.2 Å². The molecule has 2 heteroatoms. The number of ether oxygens (including phenoxy) is 1. The summed E-state index contributed by atoms with van der Waals surface area (Å²) in [5.74, 6) is 1.88. The monoisotopic (exact) mass is 315 g/mol. The Morgan fingerprint density at radius 2 is 1.75 bits per heavy atom. The second kappa shape index (κ2) is 5.20. The van der Waals surface area contributed by atoms with Gasteiger partial charge in [-0.15, -0.1) is 0 Å². The van der Waals surface area contributed by atoms with Crippen LogP contribution in [0.15, 0.2) is 54.7 Å². The van der Waals surface area contributed by atoms with E-state index in [1.165, 1.54) is 22.3 Å². The van der Waals surface area contributed by atoms with Crippen molar-refractivity contribution in [2.24, 2.45) is 0 Å². The van der Waals surface area contributed by atoms with Gasteiger partial charge >= 0.3 is 0 Å². The van der Waals surface area contributed by atoms with Gasteiger partial charge < -0.3 is 4.74 Å². The van der Waals surface area contributed by atoms with Crippen molar-refractivity contribution in [3.05, 3.63) is 77.0 Å². The summed E-state index contributed by atoms with van der Waals surface area (Å²) >= 11 is 0. The normalized spacial score (nSPS) is 14.5. The van der Waals surface area contributed by atoms with E-state index in [4.69, 9.17) is 4.74 Å². The number of pyridine rings is 1. The van der Waals surface area contributed by atoms with Gasteiger partial charge in [0.05, 0.1) is 5.69 Å². The Kier molecular flexibility index (Phi) is 3.24. The van der Waals surface area contributed by atoms with Gasteiger partial charge in [-0.3, -0.25) is 4.98 Å². The van der Waals surface area contributed by atoms with Crippen LogP contribution < -0.4 is 4.74 Å². The number of aryl methyl sites for hydroxylation is 2. The van der Waals surface area contributed by atoms with Gasteiger partial charge in [-0.2, -0.15) is 0 Å². The molecule has 1 aromatic heterocycles. The second-order valence-corrected chi connectivity index (χ2v) is 7.08. The molecule has 2 heterocycles. The van der Waals surface area contributed by atoms with Crippen LogP contribution in [0, 0.1) is 13.8 Å². The quantitative estimate of drug-likeness (QED) is 0.566. The van der Waals surface area contributed by atoms with Gasteiger partial charge in [0.15, 0.2) is 0 Å². The minimum absolute atomic E-state index is 0.103. The first kappa shape index (κ1) is 14.9. The molecule has 1 aliphatic rings. The largest absolute Gasteiger partial charge is 0.456 e. The minimum Gasteiger partial charge on any atom is -0.456 e. The summed E-state index contributed by atoms with van der Waals surface area (Å²) in [7, 11) is 0. The van der Waals surface area contributed by atoms with Crippen molar-refractivity contribution in [3.63, 3.8) is 0 Å². The fourth-order valence-electron chi connectivity index (χ4n) is 3.77. The lowest BCUT2D eigenvalue weighted by molar-refractivity contribution is 0.418. The summed E-state index contributed by atoms with van der Waals surface area (Å²) in [6, 6.07) is 16.8. The molecule has 0 unspecified atom stereocenters. The molecule has 0 aliphatic carbocycles. The maximum Gasteiger partial charge on any atom is 0.141 e. The fourth-order valence-corrected chi connectivity index (χ4v) is 3.77. The number of nitrogens with zero attached hydrogens (tertiary/aromatic N) is 1. The number of hydrogen-bond acceptors (Lipinski definition) is 2. The van der Waals surface area contributed by atoms with Crippen molar-refractivity contribution in [1.29, 1.82) is 0 Å². The fraction of sp³-hybridized carbons (Fsp3) is 0.227. The Morgan fingerprint density at radius 1 is 0.958 bits per heavy atom. The number of fused-ring (bicyclic) bond motifs is 2. The lowest BCUT2D eigenvalue weighted by Gasteiger charge is -2.36. The highest BCUT2D eigenvalue weighted by Crippen LogP contribution is 2.52. The van der Waals surface area contributed by atoms with Gasteiger partial charge in [0, 0.05) is 28.3 Å². The van der Waals surface area contributed by atoms with E-state index in [0.717, 1.165) is 22.8 Å². The SMILES string of the molecule is Cc1ccnc(-c2ccc(C)c3c2Oc2ccccc2C3(C)C)c1. The number of para-hydroxylation sites is 1. The Labute approximate surface area is 143 Å². The van der Waals surface area contributed by atoms with Gasteiger partial charge in [-0.25, -0.2) is 0 Å². The summed E-state index contributed by atoms with van der Waals surface area (Å²) < 4.78 is 6.38. The van der Waals surface area contributed by atoms with Crippen LogP contribution >= 0.6 is 0 Å². The highest BCUT2D eigenvalue weighted by molar-refractivity contribution is 5.75. The molecular formula is C22H21NO. The van der Waals surface area contributed by atoms with Crippen LogP contribution in [0.5, 0.6) is 11.5 Å². The summed E-state index contributed by atoms with van der Waals surface area (Å²) in [6.45, 7) is 8.79. The van der Waals surface area contributed by atoms with Gasteiger partial charge in [0.25, 0.3) is 0 Å². The molecule has 0 radical (unpaired) electrons. The number of aromatic nitrogens is 1. The molecule has 2 nitrogen and oxygen atoms in total. The molecule has 0 atom stereocenters. The lowest BCUT2D eigenvalue weighted by atomic mass is 9.73. The summed E-state index contributed by atoms with van der Waals surface area (Å²) in [5.41, 5.74) is 6.85. The zero-order valence-corrected chi connectivity index (χ0v) is 14.6. The van der Waals surface area contributed by atoms with Crippen LogP contribution in [0.1, 0.15) is 36.1 Å². The van der Waals surface area contributed by atoms with E-state index in [2.05, 4.69) is 69.1 Å². The number of benzene rings is 2. The van der Waals surface area contributed by atoms with E-state index in [9.17, 15) is 0 Å². The van der Waals surface area contributed by atoms with E-state index in [1.54, 1.807) is 0 Å². The predicted molar refractivity (Wildman–Crippen MR) is 97.8 cm³/mol. The van der Waals surface area contributed by atoms with Crippen LogP contribution in [-0.4, -0.2) is 4.98 Å². The Hall–Kier alpha value is -2.61. The first-order valence-electron chi connectivity index (χ1n) is 8.33. The molecule has 4 rings (SSSR count). The van der Waals surface area contributed by atoms with E-state index in [0.29, 0.717) is 0 Å². The van der Waals surface area contributed by atoms with E-state index in [1.807, 2.05) is 18.3 Å². The molecule has 1 aliphatic heterocycles. The van der Waals surface area contributed by atoms with Crippen molar-refractivity contribution in [2.75, 3.05) is 0 Å². The molecule has 0 bridgehead atoms. The van der Waals surface area contributed by atoms with Crippen molar-refractivity contribution in [2.45, 2.75) is 33.1 Å². The van der Waals surface area contributed by atoms with Crippen molar-refractivity contribution in [1.82, 2.24) is 4.98 Å². The Bertz CT molecular complexity index is 940. The van der Waals surface area contributed by atoms with Crippen LogP contribution in [0.3, 0.4) is 0 Å². The highest BCUT2D eigenvalue weighted by atomic mass is 16.5. The summed E-state index contributed by atoms with van der Waals surface area (Å²) in [6.07, 6.45) is 1.86. The maximum atomic E-state index is 6.38. The van der Waals surface area contributed by atoms with E-state index >= 15 is 0 Å². The topological polar surface area (TPSA) is 22.1 Å².